The minimum atomic E-state index is -4.76. The Labute approximate surface area is 228 Å². The number of benzene rings is 1. The largest absolute Gasteiger partial charge is 0.433 e. The van der Waals surface area contributed by atoms with Crippen LogP contribution in [0.2, 0.25) is 0 Å². The van der Waals surface area contributed by atoms with Gasteiger partial charge in [0.25, 0.3) is 5.91 Å². The minimum absolute atomic E-state index is 0.128. The monoisotopic (exact) mass is 562 g/mol. The number of H-pyrrole nitrogens is 1. The summed E-state index contributed by atoms with van der Waals surface area (Å²) in [5, 5.41) is 7.78. The Hall–Kier alpha value is -3.78. The topological polar surface area (TPSA) is 103 Å². The van der Waals surface area contributed by atoms with Crippen LogP contribution >= 0.6 is 0 Å². The Kier molecular flexibility index (Phi) is 7.90. The van der Waals surface area contributed by atoms with E-state index < -0.39 is 29.2 Å². The van der Waals surface area contributed by atoms with Gasteiger partial charge in [0.15, 0.2) is 5.69 Å². The summed E-state index contributed by atoms with van der Waals surface area (Å²) >= 11 is 0. The molecule has 4 heterocycles. The molecule has 0 bridgehead atoms. The number of nitrogens with one attached hydrogen (secondary N) is 2. The Morgan fingerprint density at radius 1 is 1.10 bits per heavy atom. The quantitative estimate of drug-likeness (QED) is 0.443. The van der Waals surface area contributed by atoms with Crippen molar-refractivity contribution >= 4 is 17.5 Å². The van der Waals surface area contributed by atoms with Gasteiger partial charge in [-0.2, -0.15) is 18.3 Å². The van der Waals surface area contributed by atoms with Crippen molar-refractivity contribution in [2.24, 2.45) is 0 Å². The molecule has 1 atom stereocenters. The highest BCUT2D eigenvalue weighted by molar-refractivity contribution is 5.95. The van der Waals surface area contributed by atoms with Crippen molar-refractivity contribution in [3.63, 3.8) is 0 Å². The highest BCUT2D eigenvalue weighted by Crippen LogP contribution is 2.33. The number of rotatable bonds is 6. The maximum absolute atomic E-state index is 15.6. The molecule has 0 unspecified atom stereocenters. The van der Waals surface area contributed by atoms with Gasteiger partial charge < -0.3 is 24.8 Å². The first-order chi connectivity index (χ1) is 19.1. The molecule has 10 nitrogen and oxygen atoms in total. The van der Waals surface area contributed by atoms with Crippen LogP contribution in [0.25, 0.3) is 11.1 Å². The van der Waals surface area contributed by atoms with Crippen LogP contribution in [0.1, 0.15) is 28.5 Å². The van der Waals surface area contributed by atoms with Crippen molar-refractivity contribution in [2.75, 3.05) is 62.8 Å². The number of hydrogen-bond donors (Lipinski definition) is 2. The van der Waals surface area contributed by atoms with Gasteiger partial charge in [-0.15, -0.1) is 0 Å². The smallest absolute Gasteiger partial charge is 0.378 e. The summed E-state index contributed by atoms with van der Waals surface area (Å²) in [4.78, 5) is 27.8. The molecule has 2 aliphatic heterocycles. The molecule has 2 N–H and O–H groups in total. The number of amides is 1. The van der Waals surface area contributed by atoms with Gasteiger partial charge in [0, 0.05) is 74.5 Å². The number of piperazine rings is 1. The maximum Gasteiger partial charge on any atom is 0.433 e. The molecule has 2 saturated heterocycles. The fourth-order valence-electron chi connectivity index (χ4n) is 4.86. The number of likely N-dealkylation sites (N-methyl/N-ethyl adjacent to an activating group) is 1. The van der Waals surface area contributed by atoms with E-state index >= 15 is 4.39 Å². The minimum Gasteiger partial charge on any atom is -0.378 e. The van der Waals surface area contributed by atoms with Crippen molar-refractivity contribution in [2.45, 2.75) is 25.7 Å². The number of carbonyl (C=O) groups excluding carboxylic acids is 1. The van der Waals surface area contributed by atoms with Gasteiger partial charge in [-0.25, -0.2) is 14.4 Å². The molecule has 2 fully saturated rings. The van der Waals surface area contributed by atoms with Crippen molar-refractivity contribution in [1.29, 1.82) is 0 Å². The molecule has 214 valence electrons. The molecule has 1 amide bonds. The lowest BCUT2D eigenvalue weighted by Crippen LogP contribution is -2.50. The third-order valence-corrected chi connectivity index (χ3v) is 7.32. The van der Waals surface area contributed by atoms with E-state index in [4.69, 9.17) is 4.74 Å². The van der Waals surface area contributed by atoms with Gasteiger partial charge in [-0.1, -0.05) is 0 Å². The van der Waals surface area contributed by atoms with Crippen LogP contribution in [0.15, 0.2) is 30.7 Å². The molecule has 3 aromatic rings. The fourth-order valence-corrected chi connectivity index (χ4v) is 4.86. The van der Waals surface area contributed by atoms with Gasteiger partial charge >= 0.3 is 6.18 Å². The third kappa shape index (κ3) is 5.87. The van der Waals surface area contributed by atoms with E-state index in [2.05, 4.69) is 32.2 Å². The van der Waals surface area contributed by atoms with Crippen molar-refractivity contribution < 1.29 is 27.1 Å². The Morgan fingerprint density at radius 2 is 1.82 bits per heavy atom. The number of morpholine rings is 1. The zero-order chi connectivity index (χ0) is 28.4. The lowest BCUT2D eigenvalue weighted by molar-refractivity contribution is -0.141. The van der Waals surface area contributed by atoms with Crippen LogP contribution in [-0.2, 0) is 17.5 Å². The molecule has 2 aliphatic rings. The summed E-state index contributed by atoms with van der Waals surface area (Å²) in [6.07, 6.45) is -0.847. The lowest BCUT2D eigenvalue weighted by Gasteiger charge is -2.40. The van der Waals surface area contributed by atoms with Crippen LogP contribution in [0.3, 0.4) is 0 Å². The summed E-state index contributed by atoms with van der Waals surface area (Å²) in [5.41, 5.74) is -0.0592. The van der Waals surface area contributed by atoms with Crippen molar-refractivity contribution in [3.8, 4) is 11.1 Å². The number of nitrogens with zero attached hydrogens (tertiary/aromatic N) is 6. The number of anilines is 2. The van der Waals surface area contributed by atoms with Gasteiger partial charge in [0.1, 0.15) is 5.82 Å². The lowest BCUT2D eigenvalue weighted by atomic mass is 10.0. The van der Waals surface area contributed by atoms with Crippen molar-refractivity contribution in [1.82, 2.24) is 30.4 Å². The van der Waals surface area contributed by atoms with E-state index in [-0.39, 0.29) is 18.2 Å². The number of alkyl halides is 3. The van der Waals surface area contributed by atoms with E-state index in [1.165, 1.54) is 18.5 Å². The predicted octanol–water partition coefficient (Wildman–Crippen LogP) is 2.93. The molecule has 1 aromatic carbocycles. The second-order valence-corrected chi connectivity index (χ2v) is 9.95. The Balaban J connectivity index is 1.44. The standard InChI is InChI=1S/C26H30F4N8O2/c1-16-15-38(4-3-36(16)2)22-10-21(27)19(18-12-32-25(33-13-18)37-5-7-40-8-6-37)9-17(22)11-31-24(39)20-14-34-35-23(20)26(28,29)30/h9-10,12-14,16H,3-8,11,15H2,1-2H3,(H,31,39)(H,34,35)/t16-/m1/s1. The van der Waals surface area contributed by atoms with E-state index in [0.717, 1.165) is 12.7 Å². The molecular weight excluding hydrogens is 532 g/mol. The van der Waals surface area contributed by atoms with Crippen LogP contribution < -0.4 is 15.1 Å². The van der Waals surface area contributed by atoms with Gasteiger partial charge in [-0.05, 0) is 31.7 Å². The van der Waals surface area contributed by atoms with E-state index in [9.17, 15) is 18.0 Å². The Morgan fingerprint density at radius 3 is 2.50 bits per heavy atom. The number of aromatic amines is 1. The normalized spacial score (nSPS) is 18.7. The van der Waals surface area contributed by atoms with Gasteiger partial charge in [0.05, 0.1) is 25.0 Å². The number of hydrogen-bond acceptors (Lipinski definition) is 8. The summed E-state index contributed by atoms with van der Waals surface area (Å²) in [5.74, 6) is -0.917. The van der Waals surface area contributed by atoms with Crippen LogP contribution in [0.5, 0.6) is 0 Å². The average Bonchev–Trinajstić information content (AvgIpc) is 3.45. The summed E-state index contributed by atoms with van der Waals surface area (Å²) in [7, 11) is 2.01. The molecule has 0 spiro atoms. The third-order valence-electron chi connectivity index (χ3n) is 7.32. The first-order valence-electron chi connectivity index (χ1n) is 12.9. The molecule has 2 aromatic heterocycles. The van der Waals surface area contributed by atoms with E-state index in [0.29, 0.717) is 62.2 Å². The number of carbonyl (C=O) groups is 1. The molecular formula is C26H30F4N8O2. The fraction of sp³-hybridized carbons (Fsp3) is 0.462. The summed E-state index contributed by atoms with van der Waals surface area (Å²) in [6.45, 7) is 6.38. The molecule has 40 heavy (non-hydrogen) atoms. The average molecular weight is 563 g/mol. The number of halogens is 4. The maximum atomic E-state index is 15.6. The van der Waals surface area contributed by atoms with Gasteiger partial charge in [-0.3, -0.25) is 9.89 Å². The van der Waals surface area contributed by atoms with Crippen LogP contribution in [0.4, 0.5) is 29.2 Å². The first-order valence-corrected chi connectivity index (χ1v) is 12.9. The highest BCUT2D eigenvalue weighted by Gasteiger charge is 2.37. The van der Waals surface area contributed by atoms with Crippen LogP contribution in [-0.4, -0.2) is 90.0 Å². The zero-order valence-electron chi connectivity index (χ0n) is 22.1. The molecule has 0 saturated carbocycles. The summed E-state index contributed by atoms with van der Waals surface area (Å²) in [6, 6.07) is 3.20. The number of aromatic nitrogens is 4. The molecule has 0 radical (unpaired) electrons. The molecule has 5 rings (SSSR count). The SMILES string of the molecule is C[C@@H]1CN(c2cc(F)c(-c3cnc(N4CCOCC4)nc3)cc2CNC(=O)c2cn[nH]c2C(F)(F)F)CCN1C. The predicted molar refractivity (Wildman–Crippen MR) is 140 cm³/mol. The molecule has 0 aliphatic carbocycles. The first kappa shape index (κ1) is 27.8. The summed E-state index contributed by atoms with van der Waals surface area (Å²) < 4.78 is 60.8. The molecule has 14 heteroatoms. The number of ether oxygens (including phenoxy) is 1. The van der Waals surface area contributed by atoms with Gasteiger partial charge in [0.2, 0.25) is 5.95 Å². The second-order valence-electron chi connectivity index (χ2n) is 9.95. The Bertz CT molecular complexity index is 1340. The van der Waals surface area contributed by atoms with E-state index in [1.807, 2.05) is 21.9 Å². The van der Waals surface area contributed by atoms with Crippen LogP contribution in [0, 0.1) is 5.82 Å². The zero-order valence-corrected chi connectivity index (χ0v) is 22.1. The highest BCUT2D eigenvalue weighted by atomic mass is 19.4. The second kappa shape index (κ2) is 11.4. The van der Waals surface area contributed by atoms with E-state index in [1.54, 1.807) is 6.07 Å². The van der Waals surface area contributed by atoms with Crippen molar-refractivity contribution in [3.05, 3.63) is 53.4 Å².